The molecule has 5 heteroatoms. The zero-order valence-electron chi connectivity index (χ0n) is 9.66. The maximum absolute atomic E-state index is 11.7. The van der Waals surface area contributed by atoms with E-state index < -0.39 is 0 Å². The first-order valence-corrected chi connectivity index (χ1v) is 5.55. The summed E-state index contributed by atoms with van der Waals surface area (Å²) in [4.78, 5) is 13.7. The van der Waals surface area contributed by atoms with E-state index >= 15 is 0 Å². The van der Waals surface area contributed by atoms with E-state index in [4.69, 9.17) is 22.7 Å². The fraction of sp³-hybridized carbons (Fsp3) is 0.800. The number of carbonyl (C=O) groups is 1. The first-order valence-electron chi connectivity index (χ1n) is 5.14. The maximum atomic E-state index is 11.7. The molecule has 0 unspecified atom stereocenters. The SMILES string of the molecule is CCOCCC(=O)N(CC(N)=S)C(C)C. The summed E-state index contributed by atoms with van der Waals surface area (Å²) < 4.78 is 5.13. The number of ether oxygens (including phenoxy) is 1. The van der Waals surface area contributed by atoms with Gasteiger partial charge in [-0.3, -0.25) is 4.79 Å². The Labute approximate surface area is 96.8 Å². The normalized spacial score (nSPS) is 10.4. The average molecular weight is 232 g/mol. The first-order chi connectivity index (χ1) is 6.99. The molecule has 0 aromatic rings. The molecule has 15 heavy (non-hydrogen) atoms. The second-order valence-electron chi connectivity index (χ2n) is 3.53. The summed E-state index contributed by atoms with van der Waals surface area (Å²) in [5.74, 6) is 0.0336. The standard InChI is InChI=1S/C10H20N2O2S/c1-4-14-6-5-10(13)12(8(2)3)7-9(11)15/h8H,4-7H2,1-3H3,(H2,11,15). The highest BCUT2D eigenvalue weighted by molar-refractivity contribution is 7.80. The van der Waals surface area contributed by atoms with Gasteiger partial charge >= 0.3 is 0 Å². The molecule has 0 heterocycles. The number of nitrogens with two attached hydrogens (primary N) is 1. The van der Waals surface area contributed by atoms with Crippen molar-refractivity contribution in [3.63, 3.8) is 0 Å². The fourth-order valence-electron chi connectivity index (χ4n) is 1.17. The number of rotatable bonds is 7. The van der Waals surface area contributed by atoms with E-state index in [0.717, 1.165) is 0 Å². The third kappa shape index (κ3) is 6.41. The Morgan fingerprint density at radius 1 is 1.53 bits per heavy atom. The minimum absolute atomic E-state index is 0.0336. The minimum atomic E-state index is 0.0336. The van der Waals surface area contributed by atoms with E-state index in [1.807, 2.05) is 20.8 Å². The molecule has 88 valence electrons. The molecule has 0 saturated heterocycles. The van der Waals surface area contributed by atoms with E-state index in [1.165, 1.54) is 0 Å². The number of amides is 1. The Balaban J connectivity index is 4.11. The Bertz CT molecular complexity index is 219. The van der Waals surface area contributed by atoms with E-state index in [1.54, 1.807) is 4.90 Å². The van der Waals surface area contributed by atoms with Crippen LogP contribution in [0.2, 0.25) is 0 Å². The lowest BCUT2D eigenvalue weighted by atomic mass is 10.2. The number of carbonyl (C=O) groups excluding carboxylic acids is 1. The van der Waals surface area contributed by atoms with Gasteiger partial charge < -0.3 is 15.4 Å². The second kappa shape index (κ2) is 7.59. The number of hydrogen-bond acceptors (Lipinski definition) is 3. The van der Waals surface area contributed by atoms with Gasteiger partial charge in [0.05, 0.1) is 24.6 Å². The highest BCUT2D eigenvalue weighted by Gasteiger charge is 2.16. The first kappa shape index (κ1) is 14.3. The third-order valence-corrected chi connectivity index (χ3v) is 2.06. The van der Waals surface area contributed by atoms with Gasteiger partial charge in [0.1, 0.15) is 0 Å². The predicted octanol–water partition coefficient (Wildman–Crippen LogP) is 0.936. The molecular weight excluding hydrogens is 212 g/mol. The molecular formula is C10H20N2O2S. The van der Waals surface area contributed by atoms with Crippen LogP contribution in [0.4, 0.5) is 0 Å². The molecule has 0 atom stereocenters. The van der Waals surface area contributed by atoms with Crippen molar-refractivity contribution in [1.29, 1.82) is 0 Å². The molecule has 0 aliphatic carbocycles. The van der Waals surface area contributed by atoms with Gasteiger partial charge in [-0.25, -0.2) is 0 Å². The van der Waals surface area contributed by atoms with Crippen molar-refractivity contribution in [2.45, 2.75) is 33.2 Å². The maximum Gasteiger partial charge on any atom is 0.225 e. The molecule has 0 saturated carbocycles. The van der Waals surface area contributed by atoms with Crippen molar-refractivity contribution in [1.82, 2.24) is 4.90 Å². The number of thiocarbonyl (C=S) groups is 1. The van der Waals surface area contributed by atoms with Crippen LogP contribution in [-0.2, 0) is 9.53 Å². The molecule has 0 bridgehead atoms. The molecule has 0 spiro atoms. The smallest absolute Gasteiger partial charge is 0.225 e. The molecule has 1 amide bonds. The van der Waals surface area contributed by atoms with Gasteiger partial charge in [0.25, 0.3) is 0 Å². The summed E-state index contributed by atoms with van der Waals surface area (Å²) in [6.07, 6.45) is 0.384. The molecule has 0 rings (SSSR count). The summed E-state index contributed by atoms with van der Waals surface area (Å²) in [7, 11) is 0. The largest absolute Gasteiger partial charge is 0.392 e. The van der Waals surface area contributed by atoms with Crippen LogP contribution in [0.1, 0.15) is 27.2 Å². The lowest BCUT2D eigenvalue weighted by molar-refractivity contribution is -0.133. The van der Waals surface area contributed by atoms with Crippen molar-refractivity contribution < 1.29 is 9.53 Å². The Hall–Kier alpha value is -0.680. The summed E-state index contributed by atoms with van der Waals surface area (Å²) in [5, 5.41) is 0. The highest BCUT2D eigenvalue weighted by atomic mass is 32.1. The zero-order valence-corrected chi connectivity index (χ0v) is 10.5. The summed E-state index contributed by atoms with van der Waals surface area (Å²) in [6.45, 7) is 7.21. The summed E-state index contributed by atoms with van der Waals surface area (Å²) in [5.41, 5.74) is 5.43. The van der Waals surface area contributed by atoms with Gasteiger partial charge in [0.2, 0.25) is 5.91 Å². The van der Waals surface area contributed by atoms with E-state index in [2.05, 4.69) is 0 Å². The van der Waals surface area contributed by atoms with Crippen molar-refractivity contribution in [3.05, 3.63) is 0 Å². The molecule has 4 nitrogen and oxygen atoms in total. The second-order valence-corrected chi connectivity index (χ2v) is 4.05. The van der Waals surface area contributed by atoms with Crippen LogP contribution in [0.5, 0.6) is 0 Å². The highest BCUT2D eigenvalue weighted by Crippen LogP contribution is 2.01. The molecule has 2 N–H and O–H groups in total. The fourth-order valence-corrected chi connectivity index (χ4v) is 1.31. The van der Waals surface area contributed by atoms with Crippen molar-refractivity contribution >= 4 is 23.1 Å². The van der Waals surface area contributed by atoms with Crippen LogP contribution < -0.4 is 5.73 Å². The van der Waals surface area contributed by atoms with Crippen LogP contribution in [0, 0.1) is 0 Å². The van der Waals surface area contributed by atoms with Crippen LogP contribution in [0.25, 0.3) is 0 Å². The Morgan fingerprint density at radius 3 is 2.53 bits per heavy atom. The Morgan fingerprint density at radius 2 is 2.13 bits per heavy atom. The van der Waals surface area contributed by atoms with Gasteiger partial charge in [-0.2, -0.15) is 0 Å². The van der Waals surface area contributed by atoms with Gasteiger partial charge in [-0.15, -0.1) is 0 Å². The summed E-state index contributed by atoms with van der Waals surface area (Å²) >= 11 is 4.80. The molecule has 0 aromatic carbocycles. The van der Waals surface area contributed by atoms with Gasteiger partial charge in [-0.05, 0) is 20.8 Å². The quantitative estimate of drug-likeness (QED) is 0.524. The van der Waals surface area contributed by atoms with E-state index in [0.29, 0.717) is 31.2 Å². The minimum Gasteiger partial charge on any atom is -0.392 e. The van der Waals surface area contributed by atoms with Crippen LogP contribution >= 0.6 is 12.2 Å². The molecule has 0 aliphatic heterocycles. The Kier molecular flexibility index (Phi) is 7.25. The van der Waals surface area contributed by atoms with Crippen molar-refractivity contribution in [2.24, 2.45) is 5.73 Å². The molecule has 0 fully saturated rings. The van der Waals surface area contributed by atoms with E-state index in [9.17, 15) is 4.79 Å². The van der Waals surface area contributed by atoms with Crippen LogP contribution in [0.15, 0.2) is 0 Å². The molecule has 0 radical (unpaired) electrons. The van der Waals surface area contributed by atoms with Gasteiger partial charge in [0.15, 0.2) is 0 Å². The third-order valence-electron chi connectivity index (χ3n) is 1.93. The van der Waals surface area contributed by atoms with Crippen LogP contribution in [0.3, 0.4) is 0 Å². The predicted molar refractivity (Wildman–Crippen MR) is 64.7 cm³/mol. The van der Waals surface area contributed by atoms with Crippen molar-refractivity contribution in [3.8, 4) is 0 Å². The lowest BCUT2D eigenvalue weighted by Gasteiger charge is -2.26. The molecule has 0 aliphatic rings. The zero-order chi connectivity index (χ0) is 11.8. The van der Waals surface area contributed by atoms with Gasteiger partial charge in [0, 0.05) is 12.6 Å². The molecule has 0 aromatic heterocycles. The number of nitrogens with zero attached hydrogens (tertiary/aromatic N) is 1. The summed E-state index contributed by atoms with van der Waals surface area (Å²) in [6, 6.07) is 0.112. The van der Waals surface area contributed by atoms with E-state index in [-0.39, 0.29) is 11.9 Å². The van der Waals surface area contributed by atoms with Crippen molar-refractivity contribution in [2.75, 3.05) is 19.8 Å². The lowest BCUT2D eigenvalue weighted by Crippen LogP contribution is -2.42. The van der Waals surface area contributed by atoms with Gasteiger partial charge in [-0.1, -0.05) is 12.2 Å². The van der Waals surface area contributed by atoms with Crippen LogP contribution in [-0.4, -0.2) is 41.6 Å². The average Bonchev–Trinajstić information content (AvgIpc) is 2.13. The monoisotopic (exact) mass is 232 g/mol. The number of hydrogen-bond donors (Lipinski definition) is 1. The topological polar surface area (TPSA) is 55.6 Å².